The van der Waals surface area contributed by atoms with Crippen LogP contribution in [-0.4, -0.2) is 21.4 Å². The number of amides is 1. The third-order valence-electron chi connectivity index (χ3n) is 4.62. The molecule has 30 heavy (non-hydrogen) atoms. The van der Waals surface area contributed by atoms with Gasteiger partial charge in [-0.1, -0.05) is 72.4 Å². The topological polar surface area (TPSA) is 78.7 Å². The number of benzene rings is 3. The van der Waals surface area contributed by atoms with Crippen LogP contribution >= 0.6 is 11.8 Å². The first-order valence-electron chi connectivity index (χ1n) is 9.44. The van der Waals surface area contributed by atoms with Crippen molar-refractivity contribution in [2.24, 2.45) is 0 Å². The van der Waals surface area contributed by atoms with Crippen molar-refractivity contribution in [2.75, 3.05) is 5.32 Å². The Morgan fingerprint density at radius 1 is 0.967 bits per heavy atom. The van der Waals surface area contributed by atoms with Gasteiger partial charge in [0.05, 0.1) is 16.9 Å². The predicted molar refractivity (Wildman–Crippen MR) is 120 cm³/mol. The molecule has 0 bridgehead atoms. The van der Waals surface area contributed by atoms with Gasteiger partial charge in [-0.15, -0.1) is 10.2 Å². The molecule has 0 fully saturated rings. The Hall–Kier alpha value is -3.69. The summed E-state index contributed by atoms with van der Waals surface area (Å²) in [6, 6.07) is 26.8. The van der Waals surface area contributed by atoms with E-state index in [0.29, 0.717) is 16.3 Å². The summed E-state index contributed by atoms with van der Waals surface area (Å²) in [7, 11) is 0. The monoisotopic (exact) mass is 410 g/mol. The minimum absolute atomic E-state index is 0.159. The Morgan fingerprint density at radius 2 is 1.70 bits per heavy atom. The van der Waals surface area contributed by atoms with Crippen molar-refractivity contribution in [1.29, 1.82) is 5.26 Å². The van der Waals surface area contributed by atoms with E-state index < -0.39 is 5.25 Å². The van der Waals surface area contributed by atoms with Gasteiger partial charge in [0.15, 0.2) is 0 Å². The van der Waals surface area contributed by atoms with Crippen LogP contribution in [-0.2, 0) is 4.79 Å². The van der Waals surface area contributed by atoms with E-state index >= 15 is 0 Å². The van der Waals surface area contributed by atoms with Gasteiger partial charge in [-0.2, -0.15) is 5.26 Å². The third-order valence-corrected chi connectivity index (χ3v) is 5.71. The lowest BCUT2D eigenvalue weighted by Gasteiger charge is -2.14. The molecule has 0 aliphatic carbocycles. The van der Waals surface area contributed by atoms with E-state index in [9.17, 15) is 4.79 Å². The van der Waals surface area contributed by atoms with E-state index in [1.807, 2.05) is 61.5 Å². The van der Waals surface area contributed by atoms with Crippen LogP contribution < -0.4 is 5.32 Å². The molecule has 4 rings (SSSR count). The summed E-state index contributed by atoms with van der Waals surface area (Å²) in [5.41, 5.74) is 2.92. The smallest absolute Gasteiger partial charge is 0.237 e. The summed E-state index contributed by atoms with van der Waals surface area (Å²) >= 11 is 1.36. The lowest BCUT2D eigenvalue weighted by molar-refractivity contribution is -0.115. The number of nitrogens with zero attached hydrogens (tertiary/aromatic N) is 3. The molecule has 0 spiro atoms. The number of carbonyl (C=O) groups excluding carboxylic acids is 1. The second kappa shape index (κ2) is 8.76. The van der Waals surface area contributed by atoms with E-state index in [0.717, 1.165) is 22.0 Å². The minimum Gasteiger partial charge on any atom is -0.325 e. The van der Waals surface area contributed by atoms with Gasteiger partial charge in [0, 0.05) is 22.0 Å². The molecular weight excluding hydrogens is 392 g/mol. The van der Waals surface area contributed by atoms with Crippen LogP contribution in [0.1, 0.15) is 12.5 Å². The molecule has 6 heteroatoms. The maximum Gasteiger partial charge on any atom is 0.237 e. The van der Waals surface area contributed by atoms with Crippen molar-refractivity contribution < 1.29 is 4.79 Å². The Balaban J connectivity index is 1.59. The maximum absolute atomic E-state index is 12.7. The van der Waals surface area contributed by atoms with Gasteiger partial charge in [0.2, 0.25) is 5.91 Å². The average molecular weight is 411 g/mol. The number of nitrogens with one attached hydrogen (secondary N) is 1. The molecule has 1 amide bonds. The molecule has 0 saturated heterocycles. The predicted octanol–water partition coefficient (Wildman–Crippen LogP) is 5.29. The summed E-state index contributed by atoms with van der Waals surface area (Å²) in [5.74, 6) is -0.159. The molecule has 1 N–H and O–H groups in total. The van der Waals surface area contributed by atoms with Crippen molar-refractivity contribution in [3.05, 3.63) is 84.4 Å². The average Bonchev–Trinajstić information content (AvgIpc) is 2.80. The number of hydrogen-bond donors (Lipinski definition) is 1. The number of nitriles is 1. The highest BCUT2D eigenvalue weighted by atomic mass is 32.2. The van der Waals surface area contributed by atoms with Crippen LogP contribution in [0.3, 0.4) is 0 Å². The second-order valence-electron chi connectivity index (χ2n) is 6.71. The van der Waals surface area contributed by atoms with E-state index in [2.05, 4.69) is 21.6 Å². The highest BCUT2D eigenvalue weighted by Gasteiger charge is 2.19. The van der Waals surface area contributed by atoms with Gasteiger partial charge in [0.25, 0.3) is 0 Å². The summed E-state index contributed by atoms with van der Waals surface area (Å²) in [6.45, 7) is 1.83. The fourth-order valence-electron chi connectivity index (χ4n) is 3.11. The first kappa shape index (κ1) is 19.6. The molecule has 1 aromatic heterocycles. The molecule has 1 unspecified atom stereocenters. The molecule has 0 radical (unpaired) electrons. The number of anilines is 1. The fraction of sp³-hybridized carbons (Fsp3) is 0.0833. The number of aromatic nitrogens is 2. The number of fused-ring (bicyclic) bond motifs is 1. The third kappa shape index (κ3) is 4.17. The highest BCUT2D eigenvalue weighted by molar-refractivity contribution is 8.00. The van der Waals surface area contributed by atoms with E-state index in [-0.39, 0.29) is 5.91 Å². The number of hydrogen-bond acceptors (Lipinski definition) is 5. The van der Waals surface area contributed by atoms with Gasteiger partial charge in [-0.25, -0.2) is 0 Å². The van der Waals surface area contributed by atoms with Crippen LogP contribution in [0, 0.1) is 11.3 Å². The van der Waals surface area contributed by atoms with E-state index in [1.165, 1.54) is 11.8 Å². The SMILES string of the molecule is CC(Sc1nnc(-c2ccccc2)c2ccccc12)C(=O)Nc1cccc(C#N)c1. The van der Waals surface area contributed by atoms with Crippen LogP contribution in [0.4, 0.5) is 5.69 Å². The normalized spacial score (nSPS) is 11.6. The zero-order valence-electron chi connectivity index (χ0n) is 16.2. The summed E-state index contributed by atoms with van der Waals surface area (Å²) in [4.78, 5) is 12.7. The lowest BCUT2D eigenvalue weighted by atomic mass is 10.1. The highest BCUT2D eigenvalue weighted by Crippen LogP contribution is 2.33. The first-order chi connectivity index (χ1) is 14.7. The zero-order chi connectivity index (χ0) is 20.9. The van der Waals surface area contributed by atoms with Crippen LogP contribution in [0.15, 0.2) is 83.9 Å². The van der Waals surface area contributed by atoms with Crippen molar-refractivity contribution in [3.63, 3.8) is 0 Å². The Morgan fingerprint density at radius 3 is 2.47 bits per heavy atom. The van der Waals surface area contributed by atoms with Gasteiger partial charge in [-0.3, -0.25) is 4.79 Å². The number of thioether (sulfide) groups is 1. The van der Waals surface area contributed by atoms with E-state index in [1.54, 1.807) is 24.3 Å². The Bertz CT molecular complexity index is 1250. The quantitative estimate of drug-likeness (QED) is 0.452. The number of carbonyl (C=O) groups is 1. The molecule has 1 atom stereocenters. The van der Waals surface area contributed by atoms with Gasteiger partial charge >= 0.3 is 0 Å². The molecule has 0 aliphatic heterocycles. The van der Waals surface area contributed by atoms with Crippen molar-refractivity contribution in [3.8, 4) is 17.3 Å². The molecular formula is C24H18N4OS. The van der Waals surface area contributed by atoms with Crippen LogP contribution in [0.2, 0.25) is 0 Å². The molecule has 1 heterocycles. The summed E-state index contributed by atoms with van der Waals surface area (Å²) in [6.07, 6.45) is 0. The summed E-state index contributed by atoms with van der Waals surface area (Å²) < 4.78 is 0. The minimum atomic E-state index is -0.393. The van der Waals surface area contributed by atoms with Crippen LogP contribution in [0.5, 0.6) is 0 Å². The van der Waals surface area contributed by atoms with E-state index in [4.69, 9.17) is 5.26 Å². The Labute approximate surface area is 178 Å². The largest absolute Gasteiger partial charge is 0.325 e. The lowest BCUT2D eigenvalue weighted by Crippen LogP contribution is -2.22. The molecule has 0 aliphatic rings. The van der Waals surface area contributed by atoms with Crippen molar-refractivity contribution >= 4 is 34.1 Å². The van der Waals surface area contributed by atoms with Crippen LogP contribution in [0.25, 0.3) is 22.0 Å². The zero-order valence-corrected chi connectivity index (χ0v) is 17.1. The van der Waals surface area contributed by atoms with Crippen molar-refractivity contribution in [1.82, 2.24) is 10.2 Å². The second-order valence-corrected chi connectivity index (χ2v) is 8.04. The molecule has 146 valence electrons. The van der Waals surface area contributed by atoms with Gasteiger partial charge < -0.3 is 5.32 Å². The fourth-order valence-corrected chi connectivity index (χ4v) is 4.00. The summed E-state index contributed by atoms with van der Waals surface area (Å²) in [5, 5.41) is 23.0. The van der Waals surface area contributed by atoms with Gasteiger partial charge in [0.1, 0.15) is 10.7 Å². The first-order valence-corrected chi connectivity index (χ1v) is 10.3. The standard InChI is InChI=1S/C24H18N4OS/c1-16(23(29)26-19-11-7-8-17(14-19)15-25)30-24-21-13-6-5-12-20(21)22(27-28-24)18-9-3-2-4-10-18/h2-14,16H,1H3,(H,26,29). The molecule has 4 aromatic rings. The van der Waals surface area contributed by atoms with Crippen molar-refractivity contribution in [2.45, 2.75) is 17.2 Å². The Kier molecular flexibility index (Phi) is 5.73. The number of rotatable bonds is 5. The molecule has 0 saturated carbocycles. The molecule has 5 nitrogen and oxygen atoms in total. The van der Waals surface area contributed by atoms with Gasteiger partial charge in [-0.05, 0) is 25.1 Å². The maximum atomic E-state index is 12.7. The molecule has 3 aromatic carbocycles.